The summed E-state index contributed by atoms with van der Waals surface area (Å²) in [6.45, 7) is 7.89. The van der Waals surface area contributed by atoms with E-state index in [2.05, 4.69) is 53.1 Å². The summed E-state index contributed by atoms with van der Waals surface area (Å²) >= 11 is 0. The standard InChI is InChI=1S/C22H34N4O/c1-18-21(14-23-25(18)3)17-24(2)15-20-6-5-12-26(16-20)13-11-19-7-9-22(27-4)10-8-19/h7-10,14,20H,5-6,11-13,15-17H2,1-4H3/t20-/m0/s1. The van der Waals surface area contributed by atoms with Crippen molar-refractivity contribution in [3.8, 4) is 5.75 Å². The molecule has 0 spiro atoms. The monoisotopic (exact) mass is 370 g/mol. The van der Waals surface area contributed by atoms with Gasteiger partial charge in [0.15, 0.2) is 0 Å². The Kier molecular flexibility index (Phi) is 6.91. The molecule has 0 N–H and O–H groups in total. The fourth-order valence-corrected chi connectivity index (χ4v) is 4.08. The molecular formula is C22H34N4O. The van der Waals surface area contributed by atoms with Crippen LogP contribution in [0.25, 0.3) is 0 Å². The van der Waals surface area contributed by atoms with Crippen LogP contribution in [0.15, 0.2) is 30.5 Å². The van der Waals surface area contributed by atoms with Crippen molar-refractivity contribution >= 4 is 0 Å². The zero-order valence-corrected chi connectivity index (χ0v) is 17.3. The van der Waals surface area contributed by atoms with Crippen LogP contribution >= 0.6 is 0 Å². The predicted octanol–water partition coefficient (Wildman–Crippen LogP) is 3.12. The first-order valence-electron chi connectivity index (χ1n) is 10.1. The fourth-order valence-electron chi connectivity index (χ4n) is 4.08. The van der Waals surface area contributed by atoms with Crippen molar-refractivity contribution in [2.75, 3.05) is 40.3 Å². The Morgan fingerprint density at radius 3 is 2.70 bits per heavy atom. The van der Waals surface area contributed by atoms with Gasteiger partial charge in [-0.15, -0.1) is 0 Å². The lowest BCUT2D eigenvalue weighted by molar-refractivity contribution is 0.142. The first-order valence-corrected chi connectivity index (χ1v) is 10.1. The highest BCUT2D eigenvalue weighted by Gasteiger charge is 2.21. The zero-order valence-electron chi connectivity index (χ0n) is 17.3. The first-order chi connectivity index (χ1) is 13.0. The Morgan fingerprint density at radius 1 is 1.26 bits per heavy atom. The van der Waals surface area contributed by atoms with Gasteiger partial charge < -0.3 is 14.5 Å². The van der Waals surface area contributed by atoms with Gasteiger partial charge in [-0.2, -0.15) is 5.10 Å². The Morgan fingerprint density at radius 2 is 2.04 bits per heavy atom. The molecule has 2 heterocycles. The summed E-state index contributed by atoms with van der Waals surface area (Å²) < 4.78 is 7.21. The van der Waals surface area contributed by atoms with Crippen molar-refractivity contribution in [3.05, 3.63) is 47.3 Å². The largest absolute Gasteiger partial charge is 0.497 e. The third-order valence-electron chi connectivity index (χ3n) is 5.83. The summed E-state index contributed by atoms with van der Waals surface area (Å²) in [5.74, 6) is 1.69. The van der Waals surface area contributed by atoms with Gasteiger partial charge >= 0.3 is 0 Å². The van der Waals surface area contributed by atoms with Gasteiger partial charge in [0.05, 0.1) is 13.3 Å². The van der Waals surface area contributed by atoms with E-state index in [-0.39, 0.29) is 0 Å². The summed E-state index contributed by atoms with van der Waals surface area (Å²) in [5.41, 5.74) is 4.00. The quantitative estimate of drug-likeness (QED) is 0.715. The van der Waals surface area contributed by atoms with Crippen molar-refractivity contribution in [1.29, 1.82) is 0 Å². The van der Waals surface area contributed by atoms with Gasteiger partial charge in [0.2, 0.25) is 0 Å². The second-order valence-electron chi connectivity index (χ2n) is 7.98. The van der Waals surface area contributed by atoms with Crippen molar-refractivity contribution in [1.82, 2.24) is 19.6 Å². The van der Waals surface area contributed by atoms with Crippen LogP contribution < -0.4 is 4.74 Å². The van der Waals surface area contributed by atoms with Gasteiger partial charge in [-0.1, -0.05) is 12.1 Å². The maximum absolute atomic E-state index is 5.25. The second kappa shape index (κ2) is 9.38. The van der Waals surface area contributed by atoms with Gasteiger partial charge in [-0.05, 0) is 63.4 Å². The number of hydrogen-bond donors (Lipinski definition) is 0. The van der Waals surface area contributed by atoms with Crippen molar-refractivity contribution in [2.24, 2.45) is 13.0 Å². The third-order valence-corrected chi connectivity index (χ3v) is 5.83. The van der Waals surface area contributed by atoms with E-state index >= 15 is 0 Å². The summed E-state index contributed by atoms with van der Waals surface area (Å²) in [5, 5.41) is 4.37. The molecule has 3 rings (SSSR count). The van der Waals surface area contributed by atoms with Crippen LogP contribution in [0.5, 0.6) is 5.75 Å². The van der Waals surface area contributed by atoms with E-state index in [1.54, 1.807) is 7.11 Å². The minimum absolute atomic E-state index is 0.761. The lowest BCUT2D eigenvalue weighted by Gasteiger charge is -2.34. The summed E-state index contributed by atoms with van der Waals surface area (Å²) in [6, 6.07) is 8.49. The molecule has 1 fully saturated rings. The number of nitrogens with zero attached hydrogens (tertiary/aromatic N) is 4. The highest BCUT2D eigenvalue weighted by Crippen LogP contribution is 2.19. The summed E-state index contributed by atoms with van der Waals surface area (Å²) in [7, 11) is 5.97. The molecule has 1 aliphatic heterocycles. The molecule has 1 aromatic carbocycles. The van der Waals surface area contributed by atoms with Gasteiger partial charge in [0.25, 0.3) is 0 Å². The molecule has 1 aromatic heterocycles. The number of rotatable bonds is 8. The molecule has 0 aliphatic carbocycles. The minimum Gasteiger partial charge on any atom is -0.497 e. The van der Waals surface area contributed by atoms with E-state index in [0.717, 1.165) is 37.7 Å². The number of hydrogen-bond acceptors (Lipinski definition) is 4. The Bertz CT molecular complexity index is 710. The van der Waals surface area contributed by atoms with Crippen LogP contribution in [0.2, 0.25) is 0 Å². The van der Waals surface area contributed by atoms with Crippen LogP contribution in [0, 0.1) is 12.8 Å². The summed E-state index contributed by atoms with van der Waals surface area (Å²) in [6.07, 6.45) is 5.78. The van der Waals surface area contributed by atoms with Crippen molar-refractivity contribution in [2.45, 2.75) is 32.7 Å². The summed E-state index contributed by atoms with van der Waals surface area (Å²) in [4.78, 5) is 5.10. The molecule has 0 radical (unpaired) electrons. The van der Waals surface area contributed by atoms with Crippen LogP contribution in [-0.4, -0.2) is 59.9 Å². The maximum Gasteiger partial charge on any atom is 0.118 e. The van der Waals surface area contributed by atoms with Crippen LogP contribution in [-0.2, 0) is 20.0 Å². The molecule has 1 saturated heterocycles. The van der Waals surface area contributed by atoms with E-state index in [0.29, 0.717) is 0 Å². The predicted molar refractivity (Wildman–Crippen MR) is 110 cm³/mol. The number of aryl methyl sites for hydroxylation is 1. The van der Waals surface area contributed by atoms with Crippen LogP contribution in [0.3, 0.4) is 0 Å². The van der Waals surface area contributed by atoms with Gasteiger partial charge in [-0.3, -0.25) is 4.68 Å². The molecule has 2 aromatic rings. The number of methoxy groups -OCH3 is 1. The van der Waals surface area contributed by atoms with Crippen molar-refractivity contribution < 1.29 is 4.74 Å². The molecule has 0 bridgehead atoms. The molecule has 27 heavy (non-hydrogen) atoms. The third kappa shape index (κ3) is 5.56. The highest BCUT2D eigenvalue weighted by molar-refractivity contribution is 5.27. The van der Waals surface area contributed by atoms with E-state index < -0.39 is 0 Å². The molecule has 0 saturated carbocycles. The average Bonchev–Trinajstić information content (AvgIpc) is 2.99. The fraction of sp³-hybridized carbons (Fsp3) is 0.591. The maximum atomic E-state index is 5.25. The SMILES string of the molecule is COc1ccc(CCN2CCC[C@@H](CN(C)Cc3cnn(C)c3C)C2)cc1. The second-order valence-corrected chi connectivity index (χ2v) is 7.98. The topological polar surface area (TPSA) is 33.5 Å². The lowest BCUT2D eigenvalue weighted by atomic mass is 9.97. The zero-order chi connectivity index (χ0) is 19.2. The smallest absolute Gasteiger partial charge is 0.118 e. The molecule has 0 amide bonds. The van der Waals surface area contributed by atoms with E-state index in [1.807, 2.05) is 17.9 Å². The van der Waals surface area contributed by atoms with Crippen LogP contribution in [0.1, 0.15) is 29.7 Å². The lowest BCUT2D eigenvalue weighted by Crippen LogP contribution is -2.40. The molecule has 5 nitrogen and oxygen atoms in total. The van der Waals surface area contributed by atoms with E-state index in [1.165, 1.54) is 42.8 Å². The first kappa shape index (κ1) is 19.9. The normalized spacial score (nSPS) is 18.2. The van der Waals surface area contributed by atoms with Crippen LogP contribution in [0.4, 0.5) is 0 Å². The minimum atomic E-state index is 0.761. The Balaban J connectivity index is 1.44. The molecular weight excluding hydrogens is 336 g/mol. The van der Waals surface area contributed by atoms with Crippen molar-refractivity contribution in [3.63, 3.8) is 0 Å². The molecule has 0 unspecified atom stereocenters. The van der Waals surface area contributed by atoms with Gasteiger partial charge in [0.1, 0.15) is 5.75 Å². The van der Waals surface area contributed by atoms with E-state index in [4.69, 9.17) is 4.74 Å². The Labute approximate surface area is 163 Å². The molecule has 1 atom stereocenters. The van der Waals surface area contributed by atoms with Gasteiger partial charge in [0, 0.05) is 44.5 Å². The average molecular weight is 371 g/mol. The van der Waals surface area contributed by atoms with E-state index in [9.17, 15) is 0 Å². The number of piperidine rings is 1. The molecule has 148 valence electrons. The number of aromatic nitrogens is 2. The molecule has 1 aliphatic rings. The van der Waals surface area contributed by atoms with Gasteiger partial charge in [-0.25, -0.2) is 0 Å². The molecule has 5 heteroatoms. The Hall–Kier alpha value is -1.85. The number of benzene rings is 1. The number of likely N-dealkylation sites (tertiary alicyclic amines) is 1. The number of ether oxygens (including phenoxy) is 1. The highest BCUT2D eigenvalue weighted by atomic mass is 16.5.